The molecular weight excluding hydrogens is 431 g/mol. The third-order valence-electron chi connectivity index (χ3n) is 5.90. The molecule has 0 radical (unpaired) electrons. The number of hydrogen-bond acceptors (Lipinski definition) is 5. The van der Waals surface area contributed by atoms with Crippen LogP contribution in [-0.4, -0.2) is 51.2 Å². The Kier molecular flexibility index (Phi) is 6.25. The van der Waals surface area contributed by atoms with Crippen molar-refractivity contribution in [2.45, 2.75) is 56.6 Å². The van der Waals surface area contributed by atoms with Crippen molar-refractivity contribution in [2.75, 3.05) is 19.3 Å². The largest absolute Gasteiger partial charge is 0.488 e. The van der Waals surface area contributed by atoms with Gasteiger partial charge in [0.05, 0.1) is 27.6 Å². The van der Waals surface area contributed by atoms with Gasteiger partial charge in [-0.15, -0.1) is 0 Å². The Morgan fingerprint density at radius 3 is 2.59 bits per heavy atom. The van der Waals surface area contributed by atoms with Crippen LogP contribution < -0.4 is 4.74 Å². The normalized spacial score (nSPS) is 19.9. The number of pyridine rings is 1. The summed E-state index contributed by atoms with van der Waals surface area (Å²) in [6, 6.07) is 6.62. The maximum Gasteiger partial charge on any atom is 0.410 e. The van der Waals surface area contributed by atoms with Crippen LogP contribution in [0.3, 0.4) is 0 Å². The number of ether oxygens (including phenoxy) is 2. The first-order chi connectivity index (χ1) is 15.1. The molecule has 0 bridgehead atoms. The van der Waals surface area contributed by atoms with E-state index in [1.54, 1.807) is 23.2 Å². The highest BCUT2D eigenvalue weighted by molar-refractivity contribution is 7.84. The van der Waals surface area contributed by atoms with Gasteiger partial charge in [0.25, 0.3) is 0 Å². The van der Waals surface area contributed by atoms with E-state index in [1.165, 1.54) is 12.3 Å². The zero-order valence-electron chi connectivity index (χ0n) is 18.9. The molecule has 1 aromatic carbocycles. The van der Waals surface area contributed by atoms with Crippen LogP contribution in [0.1, 0.15) is 39.2 Å². The van der Waals surface area contributed by atoms with Gasteiger partial charge in [0.1, 0.15) is 23.3 Å². The maximum atomic E-state index is 14.3. The molecule has 2 aliphatic rings. The van der Waals surface area contributed by atoms with Crippen molar-refractivity contribution in [2.24, 2.45) is 5.92 Å². The summed E-state index contributed by atoms with van der Waals surface area (Å²) in [5.74, 6) is 0.623. The van der Waals surface area contributed by atoms with Crippen LogP contribution in [0.2, 0.25) is 0 Å². The minimum atomic E-state index is -1.37. The minimum Gasteiger partial charge on any atom is -0.488 e. The van der Waals surface area contributed by atoms with Gasteiger partial charge in [0.2, 0.25) is 0 Å². The van der Waals surface area contributed by atoms with Crippen molar-refractivity contribution >= 4 is 16.9 Å². The number of aromatic nitrogens is 1. The summed E-state index contributed by atoms with van der Waals surface area (Å²) < 4.78 is 37.5. The van der Waals surface area contributed by atoms with E-state index in [1.807, 2.05) is 26.8 Å². The van der Waals surface area contributed by atoms with Crippen molar-refractivity contribution in [1.29, 1.82) is 0 Å². The van der Waals surface area contributed by atoms with E-state index >= 15 is 0 Å². The summed E-state index contributed by atoms with van der Waals surface area (Å²) in [5, 5.41) is 0. The number of nitrogens with zero attached hydrogens (tertiary/aromatic N) is 2. The molecule has 1 amide bonds. The molecule has 0 aliphatic carbocycles. The molecule has 172 valence electrons. The van der Waals surface area contributed by atoms with Crippen molar-refractivity contribution in [3.63, 3.8) is 0 Å². The highest BCUT2D eigenvalue weighted by Crippen LogP contribution is 2.37. The first-order valence-corrected chi connectivity index (χ1v) is 12.4. The van der Waals surface area contributed by atoms with E-state index in [-0.39, 0.29) is 17.1 Å². The number of carbonyl (C=O) groups excluding carboxylic acids is 1. The van der Waals surface area contributed by atoms with Gasteiger partial charge in [-0.3, -0.25) is 9.19 Å². The van der Waals surface area contributed by atoms with Crippen LogP contribution in [0.5, 0.6) is 5.75 Å². The Balaban J connectivity index is 1.40. The molecule has 2 aliphatic heterocycles. The molecule has 1 saturated heterocycles. The second-order valence-corrected chi connectivity index (χ2v) is 10.8. The Hall–Kier alpha value is -2.48. The van der Waals surface area contributed by atoms with Crippen LogP contribution in [0, 0.1) is 11.7 Å². The maximum absolute atomic E-state index is 14.3. The summed E-state index contributed by atoms with van der Waals surface area (Å²) in [5.41, 5.74) is 1.87. The molecule has 8 heteroatoms. The molecular formula is C24H29FN2O4S. The number of hydrogen-bond donors (Lipinski definition) is 0. The highest BCUT2D eigenvalue weighted by atomic mass is 32.2. The van der Waals surface area contributed by atoms with Crippen LogP contribution in [-0.2, 0) is 22.0 Å². The fourth-order valence-corrected chi connectivity index (χ4v) is 4.86. The van der Waals surface area contributed by atoms with E-state index in [0.717, 1.165) is 30.6 Å². The van der Waals surface area contributed by atoms with Crippen LogP contribution in [0.4, 0.5) is 9.18 Å². The van der Waals surface area contributed by atoms with Gasteiger partial charge in [-0.25, -0.2) is 9.18 Å². The molecule has 6 nitrogen and oxygen atoms in total. The minimum absolute atomic E-state index is 0.0458. The molecule has 2 aromatic rings. The fraction of sp³-hybridized carbons (Fsp3) is 0.500. The molecule has 1 aromatic heterocycles. The summed E-state index contributed by atoms with van der Waals surface area (Å²) in [7, 11) is -1.37. The summed E-state index contributed by atoms with van der Waals surface area (Å²) in [6.45, 7) is 6.93. The standard InChI is InChI=1S/C24H29FN2O4S/c1-24(2,3)31-23(28)27-9-7-15(8-10-27)20-13-17-12-19(26-14-21(17)30-20)16-5-6-22(32(4)29)18(25)11-16/h5-6,11-12,14-15,20H,7-10,13H2,1-4H3. The zero-order chi connectivity index (χ0) is 23.0. The second-order valence-electron chi connectivity index (χ2n) is 9.44. The van der Waals surface area contributed by atoms with Crippen molar-refractivity contribution < 1.29 is 22.9 Å². The molecule has 2 unspecified atom stereocenters. The van der Waals surface area contributed by atoms with Crippen molar-refractivity contribution in [3.05, 3.63) is 41.8 Å². The average molecular weight is 461 g/mol. The number of carbonyl (C=O) groups is 1. The monoisotopic (exact) mass is 460 g/mol. The Labute approximate surface area is 190 Å². The van der Waals surface area contributed by atoms with Gasteiger partial charge < -0.3 is 14.4 Å². The van der Waals surface area contributed by atoms with Crippen molar-refractivity contribution in [3.8, 4) is 17.0 Å². The number of halogens is 1. The fourth-order valence-electron chi connectivity index (χ4n) is 4.27. The predicted molar refractivity (Wildman–Crippen MR) is 121 cm³/mol. The molecule has 4 rings (SSSR count). The lowest BCUT2D eigenvalue weighted by Gasteiger charge is -2.35. The third kappa shape index (κ3) is 4.95. The van der Waals surface area contributed by atoms with E-state index in [2.05, 4.69) is 4.98 Å². The van der Waals surface area contributed by atoms with E-state index in [0.29, 0.717) is 30.3 Å². The van der Waals surface area contributed by atoms with Gasteiger partial charge in [0.15, 0.2) is 0 Å². The third-order valence-corrected chi connectivity index (χ3v) is 6.85. The lowest BCUT2D eigenvalue weighted by molar-refractivity contribution is 0.0123. The highest BCUT2D eigenvalue weighted by Gasteiger charge is 2.35. The summed E-state index contributed by atoms with van der Waals surface area (Å²) >= 11 is 0. The zero-order valence-corrected chi connectivity index (χ0v) is 19.7. The molecule has 0 N–H and O–H groups in total. The SMILES string of the molecule is CS(=O)c1ccc(-c2cc3c(cn2)OC(C2CCN(C(=O)OC(C)(C)C)CC2)C3)cc1F. The number of likely N-dealkylation sites (tertiary alicyclic amines) is 1. The van der Waals surface area contributed by atoms with Gasteiger partial charge in [-0.05, 0) is 57.7 Å². The second kappa shape index (κ2) is 8.81. The lowest BCUT2D eigenvalue weighted by atomic mass is 9.89. The van der Waals surface area contributed by atoms with E-state index < -0.39 is 22.2 Å². The Morgan fingerprint density at radius 2 is 1.97 bits per heavy atom. The number of piperidine rings is 1. The lowest BCUT2D eigenvalue weighted by Crippen LogP contribution is -2.44. The number of rotatable bonds is 3. The van der Waals surface area contributed by atoms with Crippen molar-refractivity contribution in [1.82, 2.24) is 9.88 Å². The first kappa shape index (κ1) is 22.7. The molecule has 0 saturated carbocycles. The topological polar surface area (TPSA) is 68.7 Å². The molecule has 0 spiro atoms. The molecule has 3 heterocycles. The van der Waals surface area contributed by atoms with Crippen LogP contribution >= 0.6 is 0 Å². The van der Waals surface area contributed by atoms with Crippen LogP contribution in [0.15, 0.2) is 35.4 Å². The Morgan fingerprint density at radius 1 is 1.25 bits per heavy atom. The van der Waals surface area contributed by atoms with E-state index in [4.69, 9.17) is 9.47 Å². The van der Waals surface area contributed by atoms with Gasteiger partial charge in [-0.1, -0.05) is 6.07 Å². The van der Waals surface area contributed by atoms with Gasteiger partial charge >= 0.3 is 6.09 Å². The number of fused-ring (bicyclic) bond motifs is 1. The number of amides is 1. The smallest absolute Gasteiger partial charge is 0.410 e. The Bertz CT molecular complexity index is 1040. The predicted octanol–water partition coefficient (Wildman–Crippen LogP) is 4.58. The first-order valence-electron chi connectivity index (χ1n) is 10.9. The average Bonchev–Trinajstić information content (AvgIpc) is 3.15. The molecule has 32 heavy (non-hydrogen) atoms. The van der Waals surface area contributed by atoms with E-state index in [9.17, 15) is 13.4 Å². The number of benzene rings is 1. The summed E-state index contributed by atoms with van der Waals surface area (Å²) in [4.78, 5) is 18.7. The molecule has 2 atom stereocenters. The van der Waals surface area contributed by atoms with Gasteiger partial charge in [0, 0.05) is 36.9 Å². The van der Waals surface area contributed by atoms with Crippen LogP contribution in [0.25, 0.3) is 11.3 Å². The van der Waals surface area contributed by atoms with Gasteiger partial charge in [-0.2, -0.15) is 0 Å². The summed E-state index contributed by atoms with van der Waals surface area (Å²) in [6.07, 6.45) is 5.43. The quantitative estimate of drug-likeness (QED) is 0.671. The molecule has 1 fully saturated rings.